The lowest BCUT2D eigenvalue weighted by atomic mass is 10.2. The van der Waals surface area contributed by atoms with Crippen LogP contribution in [0.2, 0.25) is 0 Å². The third-order valence-corrected chi connectivity index (χ3v) is 7.55. The number of sulfonamides is 1. The number of hydrogen-bond acceptors (Lipinski definition) is 6. The van der Waals surface area contributed by atoms with Gasteiger partial charge < -0.3 is 4.90 Å². The van der Waals surface area contributed by atoms with Crippen molar-refractivity contribution in [3.8, 4) is 0 Å². The van der Waals surface area contributed by atoms with Crippen LogP contribution < -0.4 is 10.2 Å². The van der Waals surface area contributed by atoms with Crippen LogP contribution in [0.25, 0.3) is 10.2 Å². The quantitative estimate of drug-likeness (QED) is 0.616. The van der Waals surface area contributed by atoms with E-state index in [0.29, 0.717) is 34.0 Å². The van der Waals surface area contributed by atoms with Gasteiger partial charge in [0, 0.05) is 38.4 Å². The summed E-state index contributed by atoms with van der Waals surface area (Å²) in [6, 6.07) is 12.1. The predicted molar refractivity (Wildman–Crippen MR) is 118 cm³/mol. The Morgan fingerprint density at radius 2 is 1.72 bits per heavy atom. The molecule has 0 saturated heterocycles. The molecule has 0 bridgehead atoms. The molecule has 154 valence electrons. The van der Waals surface area contributed by atoms with Crippen molar-refractivity contribution in [2.75, 3.05) is 37.4 Å². The summed E-state index contributed by atoms with van der Waals surface area (Å²) in [6.07, 6.45) is 0. The molecule has 3 rings (SSSR count). The number of hydrogen-bond donors (Lipinski definition) is 1. The van der Waals surface area contributed by atoms with Crippen LogP contribution in [0.1, 0.15) is 24.2 Å². The molecule has 3 aromatic rings. The van der Waals surface area contributed by atoms with Crippen molar-refractivity contribution in [1.29, 1.82) is 0 Å². The van der Waals surface area contributed by atoms with Gasteiger partial charge in [-0.15, -0.1) is 0 Å². The number of carbonyl (C=O) groups is 1. The van der Waals surface area contributed by atoms with Gasteiger partial charge in [0.2, 0.25) is 10.0 Å². The van der Waals surface area contributed by atoms with E-state index in [9.17, 15) is 13.2 Å². The molecule has 7 nitrogen and oxygen atoms in total. The molecule has 1 heterocycles. The van der Waals surface area contributed by atoms with Gasteiger partial charge >= 0.3 is 0 Å². The molecule has 0 fully saturated rings. The Morgan fingerprint density at radius 1 is 1.07 bits per heavy atom. The summed E-state index contributed by atoms with van der Waals surface area (Å²) >= 11 is 1.25. The minimum absolute atomic E-state index is 0.231. The van der Waals surface area contributed by atoms with E-state index in [1.165, 1.54) is 15.6 Å². The zero-order chi connectivity index (χ0) is 21.2. The van der Waals surface area contributed by atoms with E-state index in [-0.39, 0.29) is 10.8 Å². The van der Waals surface area contributed by atoms with Crippen LogP contribution in [0.15, 0.2) is 47.4 Å². The van der Waals surface area contributed by atoms with Gasteiger partial charge in [-0.2, -0.15) is 4.31 Å². The minimum atomic E-state index is -3.54. The first-order chi connectivity index (χ1) is 13.8. The third kappa shape index (κ3) is 4.42. The minimum Gasteiger partial charge on any atom is -0.378 e. The van der Waals surface area contributed by atoms with Crippen molar-refractivity contribution < 1.29 is 13.2 Å². The average molecular weight is 433 g/mol. The number of nitrogens with one attached hydrogen (secondary N) is 1. The molecule has 0 saturated carbocycles. The molecule has 9 heteroatoms. The highest BCUT2D eigenvalue weighted by Gasteiger charge is 2.22. The van der Waals surface area contributed by atoms with Crippen molar-refractivity contribution in [3.63, 3.8) is 0 Å². The molecule has 0 aliphatic heterocycles. The average Bonchev–Trinajstić information content (AvgIpc) is 3.10. The summed E-state index contributed by atoms with van der Waals surface area (Å²) in [7, 11) is 0.331. The molecule has 1 aromatic heterocycles. The first-order valence-electron chi connectivity index (χ1n) is 9.25. The fourth-order valence-corrected chi connectivity index (χ4v) is 5.37. The van der Waals surface area contributed by atoms with Gasteiger partial charge in [0.25, 0.3) is 5.91 Å². The highest BCUT2D eigenvalue weighted by Crippen LogP contribution is 2.29. The van der Waals surface area contributed by atoms with Gasteiger partial charge in [0.1, 0.15) is 0 Å². The van der Waals surface area contributed by atoms with Crippen LogP contribution >= 0.6 is 11.3 Å². The SMILES string of the molecule is CCN(CC)S(=O)(=O)c1ccc2nc(NC(=O)c3ccc(N(C)C)cc3)sc2c1. The highest BCUT2D eigenvalue weighted by molar-refractivity contribution is 7.89. The van der Waals surface area contributed by atoms with E-state index in [4.69, 9.17) is 0 Å². The molecular weight excluding hydrogens is 408 g/mol. The Bertz CT molecular complexity index is 1120. The van der Waals surface area contributed by atoms with Gasteiger partial charge in [-0.05, 0) is 42.5 Å². The van der Waals surface area contributed by atoms with Crippen molar-refractivity contribution in [1.82, 2.24) is 9.29 Å². The van der Waals surface area contributed by atoms with E-state index in [1.807, 2.05) is 45.0 Å². The topological polar surface area (TPSA) is 82.6 Å². The molecule has 1 N–H and O–H groups in total. The zero-order valence-corrected chi connectivity index (χ0v) is 18.5. The Hall–Kier alpha value is -2.49. The highest BCUT2D eigenvalue weighted by atomic mass is 32.2. The van der Waals surface area contributed by atoms with Crippen LogP contribution in [0.5, 0.6) is 0 Å². The van der Waals surface area contributed by atoms with Crippen LogP contribution in [-0.2, 0) is 10.0 Å². The lowest BCUT2D eigenvalue weighted by Crippen LogP contribution is -2.30. The molecular formula is C20H24N4O3S2. The summed E-state index contributed by atoms with van der Waals surface area (Å²) in [6.45, 7) is 4.44. The predicted octanol–water partition coefficient (Wildman–Crippen LogP) is 3.65. The number of rotatable bonds is 7. The van der Waals surface area contributed by atoms with E-state index in [0.717, 1.165) is 5.69 Å². The van der Waals surface area contributed by atoms with E-state index in [1.54, 1.807) is 30.3 Å². The first kappa shape index (κ1) is 21.2. The smallest absolute Gasteiger partial charge is 0.257 e. The number of thiazole rings is 1. The molecule has 0 radical (unpaired) electrons. The summed E-state index contributed by atoms with van der Waals surface area (Å²) in [4.78, 5) is 19.1. The number of aromatic nitrogens is 1. The Balaban J connectivity index is 1.84. The maximum absolute atomic E-state index is 12.7. The van der Waals surface area contributed by atoms with Crippen LogP contribution in [0.4, 0.5) is 10.8 Å². The summed E-state index contributed by atoms with van der Waals surface area (Å²) in [5.74, 6) is -0.259. The van der Waals surface area contributed by atoms with Crippen molar-refractivity contribution in [2.45, 2.75) is 18.7 Å². The number of anilines is 2. The second-order valence-electron chi connectivity index (χ2n) is 6.63. The van der Waals surface area contributed by atoms with E-state index < -0.39 is 10.0 Å². The second kappa shape index (κ2) is 8.48. The summed E-state index contributed by atoms with van der Waals surface area (Å²) in [5.41, 5.74) is 2.18. The standard InChI is InChI=1S/C20H24N4O3S2/c1-5-24(6-2)29(26,27)16-11-12-17-18(13-16)28-20(21-17)22-19(25)14-7-9-15(10-8-14)23(3)4/h7-13H,5-6H2,1-4H3,(H,21,22,25). The van der Waals surface area contributed by atoms with Gasteiger partial charge in [-0.25, -0.2) is 13.4 Å². The van der Waals surface area contributed by atoms with Gasteiger partial charge in [0.15, 0.2) is 5.13 Å². The van der Waals surface area contributed by atoms with Gasteiger partial charge in [0.05, 0.1) is 15.1 Å². The lowest BCUT2D eigenvalue weighted by molar-refractivity contribution is 0.102. The van der Waals surface area contributed by atoms with Crippen LogP contribution in [-0.4, -0.2) is 50.8 Å². The van der Waals surface area contributed by atoms with Gasteiger partial charge in [-0.1, -0.05) is 25.2 Å². The Morgan fingerprint density at radius 3 is 2.31 bits per heavy atom. The second-order valence-corrected chi connectivity index (χ2v) is 9.60. The maximum Gasteiger partial charge on any atom is 0.257 e. The molecule has 0 atom stereocenters. The lowest BCUT2D eigenvalue weighted by Gasteiger charge is -2.18. The van der Waals surface area contributed by atoms with Crippen LogP contribution in [0.3, 0.4) is 0 Å². The van der Waals surface area contributed by atoms with E-state index >= 15 is 0 Å². The molecule has 0 aliphatic rings. The fourth-order valence-electron chi connectivity index (χ4n) is 2.91. The molecule has 0 aliphatic carbocycles. The first-order valence-corrected chi connectivity index (χ1v) is 11.5. The number of fused-ring (bicyclic) bond motifs is 1. The number of amides is 1. The van der Waals surface area contributed by atoms with Crippen molar-refractivity contribution in [2.24, 2.45) is 0 Å². The van der Waals surface area contributed by atoms with Crippen molar-refractivity contribution >= 4 is 48.3 Å². The molecule has 0 spiro atoms. The van der Waals surface area contributed by atoms with Crippen molar-refractivity contribution in [3.05, 3.63) is 48.0 Å². The van der Waals surface area contributed by atoms with Crippen LogP contribution in [0, 0.1) is 0 Å². The number of nitrogens with zero attached hydrogens (tertiary/aromatic N) is 3. The summed E-state index contributed by atoms with van der Waals surface area (Å²) < 4.78 is 27.6. The number of benzene rings is 2. The summed E-state index contributed by atoms with van der Waals surface area (Å²) in [5, 5.41) is 3.22. The molecule has 29 heavy (non-hydrogen) atoms. The Kier molecular flexibility index (Phi) is 6.21. The third-order valence-electron chi connectivity index (χ3n) is 4.57. The molecule has 2 aromatic carbocycles. The monoisotopic (exact) mass is 432 g/mol. The normalized spacial score (nSPS) is 11.8. The Labute approximate surface area is 175 Å². The van der Waals surface area contributed by atoms with E-state index in [2.05, 4.69) is 10.3 Å². The zero-order valence-electron chi connectivity index (χ0n) is 16.8. The molecule has 0 unspecified atom stereocenters. The van der Waals surface area contributed by atoms with Gasteiger partial charge in [-0.3, -0.25) is 10.1 Å². The molecule has 1 amide bonds. The fraction of sp³-hybridized carbons (Fsp3) is 0.300. The number of carbonyl (C=O) groups excluding carboxylic acids is 1. The maximum atomic E-state index is 12.7. The largest absolute Gasteiger partial charge is 0.378 e.